The van der Waals surface area contributed by atoms with Crippen LogP contribution in [0.3, 0.4) is 0 Å². The second kappa shape index (κ2) is 7.23. The zero-order chi connectivity index (χ0) is 19.8. The highest BCUT2D eigenvalue weighted by Crippen LogP contribution is 2.34. The Morgan fingerprint density at radius 1 is 1.19 bits per heavy atom. The summed E-state index contributed by atoms with van der Waals surface area (Å²) in [5, 5.41) is 2.92. The summed E-state index contributed by atoms with van der Waals surface area (Å²) < 4.78 is 25.4. The highest BCUT2D eigenvalue weighted by molar-refractivity contribution is 7.92. The summed E-state index contributed by atoms with van der Waals surface area (Å²) in [5.74, 6) is -0.167. The van der Waals surface area contributed by atoms with Crippen LogP contribution in [0.2, 0.25) is 0 Å². The van der Waals surface area contributed by atoms with Gasteiger partial charge < -0.3 is 10.2 Å². The molecule has 2 aromatic rings. The summed E-state index contributed by atoms with van der Waals surface area (Å²) in [6, 6.07) is 13.1. The number of hydrogen-bond donors (Lipinski definition) is 1. The molecular weight excluding hydrogens is 362 g/mol. The summed E-state index contributed by atoms with van der Waals surface area (Å²) in [5.41, 5.74) is 4.22. The number of fused-ring (bicyclic) bond motifs is 1. The number of sulfonamides is 1. The Kier molecular flexibility index (Phi) is 5.15. The first-order valence-electron chi connectivity index (χ1n) is 8.83. The third-order valence-electron chi connectivity index (χ3n) is 4.76. The van der Waals surface area contributed by atoms with Crippen molar-refractivity contribution in [2.24, 2.45) is 0 Å². The van der Waals surface area contributed by atoms with Crippen LogP contribution in [0.4, 0.5) is 11.4 Å². The van der Waals surface area contributed by atoms with E-state index < -0.39 is 10.0 Å². The SMILES string of the molecule is C[C@H]1Cc2cc(C(=O)NCc3ccc(N(C)C)cc3)ccc2N1S(C)(=O)=O. The smallest absolute Gasteiger partial charge is 0.251 e. The number of anilines is 2. The van der Waals surface area contributed by atoms with Crippen molar-refractivity contribution in [3.05, 3.63) is 59.2 Å². The highest BCUT2D eigenvalue weighted by atomic mass is 32.2. The normalized spacial score (nSPS) is 16.1. The molecular formula is C20H25N3O3S. The summed E-state index contributed by atoms with van der Waals surface area (Å²) in [6.07, 6.45) is 1.82. The van der Waals surface area contributed by atoms with E-state index in [0.717, 1.165) is 16.8 Å². The van der Waals surface area contributed by atoms with Crippen molar-refractivity contribution in [3.63, 3.8) is 0 Å². The van der Waals surface area contributed by atoms with E-state index in [2.05, 4.69) is 5.32 Å². The van der Waals surface area contributed by atoms with Crippen LogP contribution < -0.4 is 14.5 Å². The number of nitrogens with one attached hydrogen (secondary N) is 1. The van der Waals surface area contributed by atoms with Gasteiger partial charge >= 0.3 is 0 Å². The van der Waals surface area contributed by atoms with Crippen LogP contribution in [0.1, 0.15) is 28.4 Å². The van der Waals surface area contributed by atoms with Gasteiger partial charge in [0, 0.05) is 37.9 Å². The lowest BCUT2D eigenvalue weighted by molar-refractivity contribution is 0.0951. The average molecular weight is 388 g/mol. The van der Waals surface area contributed by atoms with E-state index in [1.54, 1.807) is 18.2 Å². The third-order valence-corrected chi connectivity index (χ3v) is 6.03. The van der Waals surface area contributed by atoms with Crippen LogP contribution in [0, 0.1) is 0 Å². The second-order valence-electron chi connectivity index (χ2n) is 7.20. The van der Waals surface area contributed by atoms with Gasteiger partial charge in [-0.05, 0) is 54.8 Å². The van der Waals surface area contributed by atoms with Crippen LogP contribution in [0.5, 0.6) is 0 Å². The maximum atomic E-state index is 12.5. The largest absolute Gasteiger partial charge is 0.378 e. The predicted octanol–water partition coefficient (Wildman–Crippen LogP) is 2.39. The van der Waals surface area contributed by atoms with Gasteiger partial charge in [-0.2, -0.15) is 0 Å². The minimum absolute atomic E-state index is 0.136. The van der Waals surface area contributed by atoms with E-state index in [1.165, 1.54) is 10.6 Å². The number of carbonyl (C=O) groups excluding carboxylic acids is 1. The van der Waals surface area contributed by atoms with E-state index >= 15 is 0 Å². The van der Waals surface area contributed by atoms with Crippen LogP contribution in [-0.4, -0.2) is 40.7 Å². The number of hydrogen-bond acceptors (Lipinski definition) is 4. The molecule has 7 heteroatoms. The molecule has 2 aromatic carbocycles. The minimum atomic E-state index is -3.32. The number of carbonyl (C=O) groups is 1. The van der Waals surface area contributed by atoms with Crippen LogP contribution in [0.25, 0.3) is 0 Å². The lowest BCUT2D eigenvalue weighted by Gasteiger charge is -2.21. The molecule has 1 aliphatic heterocycles. The molecule has 0 aromatic heterocycles. The molecule has 1 aliphatic rings. The topological polar surface area (TPSA) is 69.7 Å². The molecule has 0 saturated carbocycles. The Balaban J connectivity index is 1.71. The summed E-state index contributed by atoms with van der Waals surface area (Å²) in [7, 11) is 0.640. The molecule has 0 radical (unpaired) electrons. The van der Waals surface area contributed by atoms with E-state index in [4.69, 9.17) is 0 Å². The predicted molar refractivity (Wildman–Crippen MR) is 109 cm³/mol. The molecule has 0 aliphatic carbocycles. The molecule has 3 rings (SSSR count). The summed E-state index contributed by atoms with van der Waals surface area (Å²) >= 11 is 0. The van der Waals surface area contributed by atoms with Gasteiger partial charge in [0.15, 0.2) is 0 Å². The van der Waals surface area contributed by atoms with E-state index in [-0.39, 0.29) is 11.9 Å². The molecule has 1 atom stereocenters. The van der Waals surface area contributed by atoms with Gasteiger partial charge in [-0.1, -0.05) is 12.1 Å². The van der Waals surface area contributed by atoms with Gasteiger partial charge in [0.2, 0.25) is 10.0 Å². The van der Waals surface area contributed by atoms with Crippen LogP contribution in [0.15, 0.2) is 42.5 Å². The Bertz CT molecular complexity index is 953. The van der Waals surface area contributed by atoms with Crippen molar-refractivity contribution in [2.45, 2.75) is 25.9 Å². The molecule has 0 spiro atoms. The Labute approximate surface area is 160 Å². The summed E-state index contributed by atoms with van der Waals surface area (Å²) in [6.45, 7) is 2.31. The van der Waals surface area contributed by atoms with Crippen molar-refractivity contribution >= 4 is 27.3 Å². The third kappa shape index (κ3) is 4.08. The Hall–Kier alpha value is -2.54. The summed E-state index contributed by atoms with van der Waals surface area (Å²) in [4.78, 5) is 14.5. The van der Waals surface area contributed by atoms with Crippen LogP contribution in [-0.2, 0) is 23.0 Å². The maximum Gasteiger partial charge on any atom is 0.251 e. The lowest BCUT2D eigenvalue weighted by atomic mass is 10.1. The minimum Gasteiger partial charge on any atom is -0.378 e. The second-order valence-corrected chi connectivity index (χ2v) is 9.06. The molecule has 27 heavy (non-hydrogen) atoms. The molecule has 0 fully saturated rings. The zero-order valence-electron chi connectivity index (χ0n) is 16.1. The standard InChI is InChI=1S/C20H25N3O3S/c1-14-11-17-12-16(7-10-19(17)23(14)27(4,25)26)20(24)21-13-15-5-8-18(9-6-15)22(2)3/h5-10,12,14H,11,13H2,1-4H3,(H,21,24)/t14-/m0/s1. The highest BCUT2D eigenvalue weighted by Gasteiger charge is 2.32. The molecule has 1 amide bonds. The van der Waals surface area contributed by atoms with E-state index in [0.29, 0.717) is 24.2 Å². The molecule has 6 nitrogen and oxygen atoms in total. The van der Waals surface area contributed by atoms with Gasteiger partial charge in [-0.15, -0.1) is 0 Å². The number of rotatable bonds is 5. The lowest BCUT2D eigenvalue weighted by Crippen LogP contribution is -2.34. The molecule has 1 heterocycles. The average Bonchev–Trinajstić information content (AvgIpc) is 2.94. The molecule has 0 bridgehead atoms. The van der Waals surface area contributed by atoms with E-state index in [1.807, 2.05) is 50.2 Å². The van der Waals surface area contributed by atoms with Crippen molar-refractivity contribution in [2.75, 3.05) is 29.6 Å². The Morgan fingerprint density at radius 3 is 2.44 bits per heavy atom. The van der Waals surface area contributed by atoms with Gasteiger partial charge in [0.25, 0.3) is 5.91 Å². The molecule has 0 saturated heterocycles. The van der Waals surface area contributed by atoms with E-state index in [9.17, 15) is 13.2 Å². The molecule has 1 N–H and O–H groups in total. The van der Waals surface area contributed by atoms with Crippen molar-refractivity contribution < 1.29 is 13.2 Å². The van der Waals surface area contributed by atoms with Crippen molar-refractivity contribution in [1.82, 2.24) is 5.32 Å². The molecule has 144 valence electrons. The first kappa shape index (κ1) is 19.2. The van der Waals surface area contributed by atoms with Gasteiger partial charge in [-0.25, -0.2) is 8.42 Å². The van der Waals surface area contributed by atoms with Gasteiger partial charge in [0.05, 0.1) is 11.9 Å². The first-order valence-corrected chi connectivity index (χ1v) is 10.7. The fourth-order valence-electron chi connectivity index (χ4n) is 3.45. The van der Waals surface area contributed by atoms with Crippen LogP contribution >= 0.6 is 0 Å². The first-order chi connectivity index (χ1) is 12.7. The van der Waals surface area contributed by atoms with Gasteiger partial charge in [0.1, 0.15) is 0 Å². The number of benzene rings is 2. The quantitative estimate of drug-likeness (QED) is 0.855. The fourth-order valence-corrected chi connectivity index (χ4v) is 4.71. The number of nitrogens with zero attached hydrogens (tertiary/aromatic N) is 2. The Morgan fingerprint density at radius 2 is 1.85 bits per heavy atom. The maximum absolute atomic E-state index is 12.5. The van der Waals surface area contributed by atoms with Gasteiger partial charge in [-0.3, -0.25) is 9.10 Å². The van der Waals surface area contributed by atoms with Crippen molar-refractivity contribution in [1.29, 1.82) is 0 Å². The zero-order valence-corrected chi connectivity index (χ0v) is 16.9. The monoisotopic (exact) mass is 387 g/mol. The molecule has 0 unspecified atom stereocenters. The number of amides is 1. The fraction of sp³-hybridized carbons (Fsp3) is 0.350. The van der Waals surface area contributed by atoms with Crippen molar-refractivity contribution in [3.8, 4) is 0 Å².